The van der Waals surface area contributed by atoms with Crippen LogP contribution < -0.4 is 21.1 Å². The van der Waals surface area contributed by atoms with E-state index in [2.05, 4.69) is 20.7 Å². The van der Waals surface area contributed by atoms with Crippen molar-refractivity contribution in [2.75, 3.05) is 12.8 Å². The van der Waals surface area contributed by atoms with Gasteiger partial charge in [0.15, 0.2) is 5.65 Å². The third-order valence-corrected chi connectivity index (χ3v) is 5.86. The quantitative estimate of drug-likeness (QED) is 0.390. The van der Waals surface area contributed by atoms with Gasteiger partial charge in [0.1, 0.15) is 5.75 Å². The van der Waals surface area contributed by atoms with E-state index in [-0.39, 0.29) is 17.8 Å². The molecule has 0 fully saturated rings. The number of carbonyl (C=O) groups excluding carboxylic acids is 2. The Morgan fingerprint density at radius 2 is 1.94 bits per heavy atom. The van der Waals surface area contributed by atoms with Gasteiger partial charge in [-0.25, -0.2) is 4.52 Å². The van der Waals surface area contributed by atoms with Crippen LogP contribution >= 0.6 is 11.3 Å². The highest BCUT2D eigenvalue weighted by Gasteiger charge is 2.21. The maximum Gasteiger partial charge on any atom is 0.261 e. The number of nitrogen functional groups attached to an aromatic ring is 1. The summed E-state index contributed by atoms with van der Waals surface area (Å²) >= 11 is 1.32. The van der Waals surface area contributed by atoms with Crippen molar-refractivity contribution in [3.63, 3.8) is 0 Å². The molecule has 0 atom stereocenters. The van der Waals surface area contributed by atoms with Gasteiger partial charge in [-0.3, -0.25) is 9.59 Å². The van der Waals surface area contributed by atoms with E-state index in [4.69, 9.17) is 10.5 Å². The predicted molar refractivity (Wildman–Crippen MR) is 132 cm³/mol. The zero-order valence-corrected chi connectivity index (χ0v) is 20.2. The SMILES string of the molecule is COc1cccc(CNC(=O)c2cc(-c3cc(C(=O)NC(C)(C)C)c4nc(N)nn4c3)cs2)c1. The minimum Gasteiger partial charge on any atom is -0.497 e. The Hall–Kier alpha value is -3.92. The Morgan fingerprint density at radius 3 is 2.68 bits per heavy atom. The van der Waals surface area contributed by atoms with Crippen LogP contribution in [0.5, 0.6) is 5.75 Å². The molecular formula is C24H26N6O3S. The van der Waals surface area contributed by atoms with Gasteiger partial charge in [0, 0.05) is 23.8 Å². The van der Waals surface area contributed by atoms with E-state index in [0.29, 0.717) is 22.6 Å². The second-order valence-corrected chi connectivity index (χ2v) is 9.73. The lowest BCUT2D eigenvalue weighted by molar-refractivity contribution is 0.0918. The standard InChI is InChI=1S/C24H26N6O3S/c1-24(2,3)28-21(31)18-9-15(12-30-20(18)27-23(25)29-30)16-10-19(34-13-16)22(32)26-11-14-6-5-7-17(8-14)33-4/h5-10,12-13H,11H2,1-4H3,(H2,25,29)(H,26,32)(H,28,31). The molecule has 3 aromatic heterocycles. The highest BCUT2D eigenvalue weighted by molar-refractivity contribution is 7.12. The van der Waals surface area contributed by atoms with Gasteiger partial charge in [-0.2, -0.15) is 4.98 Å². The lowest BCUT2D eigenvalue weighted by Crippen LogP contribution is -2.40. The molecule has 176 valence electrons. The van der Waals surface area contributed by atoms with Crippen LogP contribution in [0.25, 0.3) is 16.8 Å². The lowest BCUT2D eigenvalue weighted by atomic mass is 10.1. The first kappa shape index (κ1) is 23.2. The van der Waals surface area contributed by atoms with Crippen molar-refractivity contribution in [2.24, 2.45) is 0 Å². The van der Waals surface area contributed by atoms with E-state index in [0.717, 1.165) is 22.4 Å². The van der Waals surface area contributed by atoms with Crippen molar-refractivity contribution in [1.29, 1.82) is 0 Å². The number of carbonyl (C=O) groups is 2. The van der Waals surface area contributed by atoms with E-state index >= 15 is 0 Å². The average Bonchev–Trinajstić information content (AvgIpc) is 3.42. The van der Waals surface area contributed by atoms with E-state index in [1.54, 1.807) is 25.4 Å². The number of nitrogens with two attached hydrogens (primary N) is 1. The number of nitrogens with one attached hydrogen (secondary N) is 2. The normalized spacial score (nSPS) is 11.4. The van der Waals surface area contributed by atoms with Gasteiger partial charge < -0.3 is 21.1 Å². The summed E-state index contributed by atoms with van der Waals surface area (Å²) in [5, 5.41) is 11.9. The number of hydrogen-bond donors (Lipinski definition) is 3. The number of benzene rings is 1. The van der Waals surface area contributed by atoms with E-state index < -0.39 is 5.54 Å². The van der Waals surface area contributed by atoms with Gasteiger partial charge in [0.25, 0.3) is 11.8 Å². The average molecular weight is 479 g/mol. The maximum absolute atomic E-state index is 12.9. The van der Waals surface area contributed by atoms with Crippen LogP contribution in [0.3, 0.4) is 0 Å². The van der Waals surface area contributed by atoms with Gasteiger partial charge in [-0.05, 0) is 61.5 Å². The number of pyridine rings is 1. The Morgan fingerprint density at radius 1 is 1.15 bits per heavy atom. The van der Waals surface area contributed by atoms with E-state index in [9.17, 15) is 9.59 Å². The van der Waals surface area contributed by atoms with Crippen LogP contribution in [-0.4, -0.2) is 39.1 Å². The van der Waals surface area contributed by atoms with Crippen molar-refractivity contribution in [3.05, 3.63) is 64.0 Å². The van der Waals surface area contributed by atoms with E-state index in [1.165, 1.54) is 15.9 Å². The predicted octanol–water partition coefficient (Wildman–Crippen LogP) is 3.51. The fourth-order valence-electron chi connectivity index (χ4n) is 3.39. The number of fused-ring (bicyclic) bond motifs is 1. The van der Waals surface area contributed by atoms with Gasteiger partial charge >= 0.3 is 0 Å². The fourth-order valence-corrected chi connectivity index (χ4v) is 4.23. The second kappa shape index (κ2) is 9.14. The molecule has 2 amide bonds. The first-order valence-corrected chi connectivity index (χ1v) is 11.5. The van der Waals surface area contributed by atoms with Crippen molar-refractivity contribution in [1.82, 2.24) is 25.2 Å². The molecule has 4 aromatic rings. The van der Waals surface area contributed by atoms with Crippen molar-refractivity contribution < 1.29 is 14.3 Å². The number of anilines is 1. The van der Waals surface area contributed by atoms with Crippen molar-refractivity contribution in [3.8, 4) is 16.9 Å². The summed E-state index contributed by atoms with van der Waals surface area (Å²) in [6.45, 7) is 6.09. The highest BCUT2D eigenvalue weighted by atomic mass is 32.1. The maximum atomic E-state index is 12.9. The van der Waals surface area contributed by atoms with Gasteiger partial charge in [0.05, 0.1) is 17.6 Å². The number of ether oxygens (including phenoxy) is 1. The summed E-state index contributed by atoms with van der Waals surface area (Å²) in [5.41, 5.74) is 8.53. The van der Waals surface area contributed by atoms with Crippen LogP contribution in [-0.2, 0) is 6.54 Å². The minimum atomic E-state index is -0.425. The Labute approximate surface area is 201 Å². The molecular weight excluding hydrogens is 452 g/mol. The molecule has 0 radical (unpaired) electrons. The topological polar surface area (TPSA) is 124 Å². The Balaban J connectivity index is 1.58. The monoisotopic (exact) mass is 478 g/mol. The van der Waals surface area contributed by atoms with Crippen LogP contribution in [0.2, 0.25) is 0 Å². The molecule has 10 heteroatoms. The largest absolute Gasteiger partial charge is 0.497 e. The molecule has 9 nitrogen and oxygen atoms in total. The molecule has 0 saturated carbocycles. The molecule has 0 aliphatic carbocycles. The molecule has 0 aliphatic rings. The van der Waals surface area contributed by atoms with Crippen LogP contribution in [0.15, 0.2) is 48.0 Å². The number of rotatable bonds is 6. The number of aromatic nitrogens is 3. The third kappa shape index (κ3) is 5.18. The molecule has 4 N–H and O–H groups in total. The van der Waals surface area contributed by atoms with Gasteiger partial charge in [-0.1, -0.05) is 12.1 Å². The molecule has 34 heavy (non-hydrogen) atoms. The van der Waals surface area contributed by atoms with Crippen LogP contribution in [0.4, 0.5) is 5.95 Å². The minimum absolute atomic E-state index is 0.0740. The molecule has 0 unspecified atom stereocenters. The molecule has 0 saturated heterocycles. The number of amides is 2. The van der Waals surface area contributed by atoms with E-state index in [1.807, 2.05) is 50.4 Å². The Bertz CT molecular complexity index is 1370. The number of hydrogen-bond acceptors (Lipinski definition) is 7. The molecule has 0 aliphatic heterocycles. The van der Waals surface area contributed by atoms with Gasteiger partial charge in [-0.15, -0.1) is 16.4 Å². The summed E-state index contributed by atoms with van der Waals surface area (Å²) in [7, 11) is 1.61. The summed E-state index contributed by atoms with van der Waals surface area (Å²) in [5.74, 6) is 0.347. The summed E-state index contributed by atoms with van der Waals surface area (Å²) in [4.78, 5) is 30.4. The number of methoxy groups -OCH3 is 1. The summed E-state index contributed by atoms with van der Waals surface area (Å²) in [6, 6.07) is 11.1. The van der Waals surface area contributed by atoms with Crippen molar-refractivity contribution >= 4 is 34.7 Å². The summed E-state index contributed by atoms with van der Waals surface area (Å²) in [6.07, 6.45) is 1.74. The lowest BCUT2D eigenvalue weighted by Gasteiger charge is -2.20. The number of nitrogens with zero attached hydrogens (tertiary/aromatic N) is 3. The molecule has 0 bridgehead atoms. The highest BCUT2D eigenvalue weighted by Crippen LogP contribution is 2.28. The second-order valence-electron chi connectivity index (χ2n) is 8.82. The molecule has 4 rings (SSSR count). The van der Waals surface area contributed by atoms with Crippen molar-refractivity contribution in [2.45, 2.75) is 32.9 Å². The zero-order valence-electron chi connectivity index (χ0n) is 19.4. The first-order valence-electron chi connectivity index (χ1n) is 10.6. The van der Waals surface area contributed by atoms with Crippen LogP contribution in [0.1, 0.15) is 46.4 Å². The molecule has 3 heterocycles. The fraction of sp³-hybridized carbons (Fsp3) is 0.250. The zero-order chi connectivity index (χ0) is 24.5. The Kier molecular flexibility index (Phi) is 6.25. The third-order valence-electron chi connectivity index (χ3n) is 4.93. The number of thiophene rings is 1. The summed E-state index contributed by atoms with van der Waals surface area (Å²) < 4.78 is 6.71. The van der Waals surface area contributed by atoms with Crippen LogP contribution in [0, 0.1) is 0 Å². The molecule has 1 aromatic carbocycles. The smallest absolute Gasteiger partial charge is 0.261 e. The first-order chi connectivity index (χ1) is 16.1. The van der Waals surface area contributed by atoms with Gasteiger partial charge in [0.2, 0.25) is 5.95 Å². The molecule has 0 spiro atoms.